The maximum atomic E-state index is 4.36. The summed E-state index contributed by atoms with van der Waals surface area (Å²) in [6, 6.07) is 13.1. The van der Waals surface area contributed by atoms with Crippen molar-refractivity contribution in [3.05, 3.63) is 78.0 Å². The van der Waals surface area contributed by atoms with Gasteiger partial charge in [0.15, 0.2) is 0 Å². The molecule has 4 heteroatoms. The summed E-state index contributed by atoms with van der Waals surface area (Å²) in [6.07, 6.45) is 11.1. The summed E-state index contributed by atoms with van der Waals surface area (Å²) in [7, 11) is 0. The van der Waals surface area contributed by atoms with E-state index in [1.807, 2.05) is 12.4 Å². The molecular weight excluding hydrogens is 296 g/mol. The largest absolute Gasteiger partial charge is 0.349 e. The van der Waals surface area contributed by atoms with E-state index in [-0.39, 0.29) is 6.17 Å². The smallest absolute Gasteiger partial charge is 0.136 e. The second-order valence-electron chi connectivity index (χ2n) is 6.69. The van der Waals surface area contributed by atoms with Gasteiger partial charge in [0, 0.05) is 48.3 Å². The number of pyridine rings is 1. The molecule has 2 aliphatic heterocycles. The number of allylic oxidation sites excluding steroid dienone is 1. The molecule has 0 radical (unpaired) electrons. The van der Waals surface area contributed by atoms with E-state index in [0.717, 1.165) is 12.2 Å². The Balaban J connectivity index is 1.63. The highest BCUT2D eigenvalue weighted by molar-refractivity contribution is 5.56. The average Bonchev–Trinajstić information content (AvgIpc) is 3.29. The van der Waals surface area contributed by atoms with Crippen LogP contribution in [0.2, 0.25) is 0 Å². The number of nitrogens with zero attached hydrogens (tertiary/aromatic N) is 4. The molecule has 1 aromatic carbocycles. The molecule has 0 bridgehead atoms. The summed E-state index contributed by atoms with van der Waals surface area (Å²) in [4.78, 5) is 9.32. The van der Waals surface area contributed by atoms with Crippen molar-refractivity contribution in [1.82, 2.24) is 14.3 Å². The molecule has 0 N–H and O–H groups in total. The SMILES string of the molecule is Cc1cccc(N2C=C3CCCN3C2c2ccc3nccn3c2)c1. The Morgan fingerprint density at radius 2 is 2.12 bits per heavy atom. The zero-order valence-electron chi connectivity index (χ0n) is 13.8. The summed E-state index contributed by atoms with van der Waals surface area (Å²) in [5.74, 6) is 0. The molecule has 0 saturated carbocycles. The molecule has 1 saturated heterocycles. The molecule has 0 amide bonds. The van der Waals surface area contributed by atoms with Crippen molar-refractivity contribution < 1.29 is 0 Å². The van der Waals surface area contributed by atoms with E-state index in [9.17, 15) is 0 Å². The van der Waals surface area contributed by atoms with Gasteiger partial charge in [-0.15, -0.1) is 0 Å². The lowest BCUT2D eigenvalue weighted by atomic mass is 10.1. The standard InChI is InChI=1S/C20H20N4/c1-15-4-2-5-17(12-15)24-14-18-6-3-10-23(18)20(24)16-7-8-19-21-9-11-22(19)13-16/h2,4-5,7-9,11-14,20H,3,6,10H2,1H3. The molecular formula is C20H20N4. The van der Waals surface area contributed by atoms with Gasteiger partial charge in [0.1, 0.15) is 11.8 Å². The molecule has 0 aliphatic carbocycles. The first kappa shape index (κ1) is 13.7. The summed E-state index contributed by atoms with van der Waals surface area (Å²) in [6.45, 7) is 3.28. The van der Waals surface area contributed by atoms with E-state index >= 15 is 0 Å². The van der Waals surface area contributed by atoms with Crippen LogP contribution in [0.4, 0.5) is 5.69 Å². The number of benzene rings is 1. The lowest BCUT2D eigenvalue weighted by Gasteiger charge is -2.32. The van der Waals surface area contributed by atoms with Crippen molar-refractivity contribution >= 4 is 11.3 Å². The number of anilines is 1. The number of fused-ring (bicyclic) bond motifs is 2. The molecule has 2 aromatic heterocycles. The number of hydrogen-bond donors (Lipinski definition) is 0. The van der Waals surface area contributed by atoms with Gasteiger partial charge in [-0.05, 0) is 49.6 Å². The fourth-order valence-corrected chi connectivity index (χ4v) is 3.95. The second kappa shape index (κ2) is 5.13. The van der Waals surface area contributed by atoms with Gasteiger partial charge in [0.05, 0.1) is 0 Å². The van der Waals surface area contributed by atoms with Gasteiger partial charge in [-0.3, -0.25) is 0 Å². The van der Waals surface area contributed by atoms with Gasteiger partial charge in [-0.2, -0.15) is 0 Å². The Hall–Kier alpha value is -2.75. The molecule has 4 heterocycles. The molecule has 5 rings (SSSR count). The van der Waals surface area contributed by atoms with E-state index in [4.69, 9.17) is 0 Å². The van der Waals surface area contributed by atoms with Crippen molar-refractivity contribution in [3.63, 3.8) is 0 Å². The van der Waals surface area contributed by atoms with Crippen molar-refractivity contribution in [2.45, 2.75) is 25.9 Å². The fourth-order valence-electron chi connectivity index (χ4n) is 3.95. The maximum absolute atomic E-state index is 4.36. The predicted molar refractivity (Wildman–Crippen MR) is 95.6 cm³/mol. The third-order valence-electron chi connectivity index (χ3n) is 5.06. The van der Waals surface area contributed by atoms with Crippen LogP contribution in [0.1, 0.15) is 30.1 Å². The van der Waals surface area contributed by atoms with E-state index < -0.39 is 0 Å². The first-order chi connectivity index (χ1) is 11.8. The van der Waals surface area contributed by atoms with E-state index in [1.54, 1.807) is 0 Å². The van der Waals surface area contributed by atoms with Gasteiger partial charge >= 0.3 is 0 Å². The van der Waals surface area contributed by atoms with Crippen LogP contribution < -0.4 is 4.90 Å². The molecule has 2 aliphatic rings. The first-order valence-corrected chi connectivity index (χ1v) is 8.54. The van der Waals surface area contributed by atoms with Crippen molar-refractivity contribution in [1.29, 1.82) is 0 Å². The quantitative estimate of drug-likeness (QED) is 0.711. The normalized spacial score (nSPS) is 19.9. The van der Waals surface area contributed by atoms with Gasteiger partial charge in [0.25, 0.3) is 0 Å². The summed E-state index contributed by atoms with van der Waals surface area (Å²) < 4.78 is 2.11. The number of aryl methyl sites for hydroxylation is 1. The highest BCUT2D eigenvalue weighted by Crippen LogP contribution is 2.42. The van der Waals surface area contributed by atoms with Gasteiger partial charge < -0.3 is 14.2 Å². The summed E-state index contributed by atoms with van der Waals surface area (Å²) in [5.41, 5.74) is 6.30. The van der Waals surface area contributed by atoms with Crippen molar-refractivity contribution in [3.8, 4) is 0 Å². The first-order valence-electron chi connectivity index (χ1n) is 8.54. The molecule has 1 fully saturated rings. The Labute approximate surface area is 141 Å². The van der Waals surface area contributed by atoms with Gasteiger partial charge in [0.2, 0.25) is 0 Å². The third kappa shape index (κ3) is 2.03. The molecule has 4 nitrogen and oxygen atoms in total. The number of rotatable bonds is 2. The van der Waals surface area contributed by atoms with Crippen LogP contribution in [0.15, 0.2) is 66.9 Å². The van der Waals surface area contributed by atoms with Crippen LogP contribution in [0.5, 0.6) is 0 Å². The summed E-state index contributed by atoms with van der Waals surface area (Å²) in [5, 5.41) is 0. The van der Waals surface area contributed by atoms with Crippen molar-refractivity contribution in [2.75, 3.05) is 11.4 Å². The lowest BCUT2D eigenvalue weighted by molar-refractivity contribution is 0.318. The maximum Gasteiger partial charge on any atom is 0.136 e. The highest BCUT2D eigenvalue weighted by Gasteiger charge is 2.36. The van der Waals surface area contributed by atoms with E-state index in [1.165, 1.54) is 35.4 Å². The van der Waals surface area contributed by atoms with Crippen LogP contribution in [0, 0.1) is 6.92 Å². The van der Waals surface area contributed by atoms with Crippen molar-refractivity contribution in [2.24, 2.45) is 0 Å². The average molecular weight is 316 g/mol. The van der Waals surface area contributed by atoms with Crippen LogP contribution >= 0.6 is 0 Å². The molecule has 120 valence electrons. The number of hydrogen-bond acceptors (Lipinski definition) is 3. The number of imidazole rings is 1. The lowest BCUT2D eigenvalue weighted by Crippen LogP contribution is -2.30. The molecule has 1 atom stereocenters. The van der Waals surface area contributed by atoms with Crippen LogP contribution in [-0.2, 0) is 0 Å². The Morgan fingerprint density at radius 1 is 1.17 bits per heavy atom. The highest BCUT2D eigenvalue weighted by atomic mass is 15.4. The molecule has 24 heavy (non-hydrogen) atoms. The summed E-state index contributed by atoms with van der Waals surface area (Å²) >= 11 is 0. The minimum absolute atomic E-state index is 0.232. The molecule has 3 aromatic rings. The van der Waals surface area contributed by atoms with Gasteiger partial charge in [-0.1, -0.05) is 12.1 Å². The molecule has 1 unspecified atom stereocenters. The zero-order chi connectivity index (χ0) is 16.1. The van der Waals surface area contributed by atoms with Crippen LogP contribution in [0.3, 0.4) is 0 Å². The minimum atomic E-state index is 0.232. The Kier molecular flexibility index (Phi) is 2.92. The monoisotopic (exact) mass is 316 g/mol. The van der Waals surface area contributed by atoms with Crippen LogP contribution in [0.25, 0.3) is 5.65 Å². The Morgan fingerprint density at radius 3 is 3.04 bits per heavy atom. The van der Waals surface area contributed by atoms with E-state index in [0.29, 0.717) is 0 Å². The van der Waals surface area contributed by atoms with Crippen LogP contribution in [-0.4, -0.2) is 20.8 Å². The Bertz CT molecular complexity index is 939. The second-order valence-corrected chi connectivity index (χ2v) is 6.69. The third-order valence-corrected chi connectivity index (χ3v) is 5.06. The number of aromatic nitrogens is 2. The van der Waals surface area contributed by atoms with E-state index in [2.05, 4.69) is 74.9 Å². The fraction of sp³-hybridized carbons (Fsp3) is 0.250. The predicted octanol–water partition coefficient (Wildman–Crippen LogP) is 4.10. The molecule has 0 spiro atoms. The topological polar surface area (TPSA) is 23.8 Å². The minimum Gasteiger partial charge on any atom is -0.349 e. The van der Waals surface area contributed by atoms with Gasteiger partial charge in [-0.25, -0.2) is 4.98 Å². The zero-order valence-corrected chi connectivity index (χ0v) is 13.8.